The number of rotatable bonds is 43. The highest BCUT2D eigenvalue weighted by Crippen LogP contribution is 2.49. The second-order valence-electron chi connectivity index (χ2n) is 15.6. The van der Waals surface area contributed by atoms with E-state index in [9.17, 15) is 4.57 Å². The minimum Gasteiger partial charge on any atom is -0.303 e. The summed E-state index contributed by atoms with van der Waals surface area (Å²) in [5.41, 5.74) is 0. The van der Waals surface area contributed by atoms with Crippen LogP contribution in [0.15, 0.2) is 0 Å². The fourth-order valence-corrected chi connectivity index (χ4v) is 8.15. The molecule has 0 aliphatic rings. The zero-order valence-electron chi connectivity index (χ0n) is 36.8. The lowest BCUT2D eigenvalue weighted by Gasteiger charge is -2.22. The van der Waals surface area contributed by atoms with Crippen LogP contribution in [-0.4, -0.2) is 44.4 Å². The molecule has 52 heavy (non-hydrogen) atoms. The maximum absolute atomic E-state index is 11.8. The molecule has 6 heteroatoms. The van der Waals surface area contributed by atoms with Crippen molar-refractivity contribution < 1.29 is 18.1 Å². The second-order valence-corrected chi connectivity index (χ2v) is 17.2. The molecule has 0 radical (unpaired) electrons. The first kappa shape index (κ1) is 54.2. The lowest BCUT2D eigenvalue weighted by Crippen LogP contribution is -2.27. The van der Waals surface area contributed by atoms with Crippen molar-refractivity contribution in [1.29, 1.82) is 0 Å². The standard InChI is InChI=1S/C36H75N.C10H23O4P/c1-4-7-10-13-16-19-22-25-28-31-34-37(35-32-29-26-23-20-17-14-11-8-5-2)36-33-30-27-24-21-18-15-12-9-6-3;1-4-7-8-9-10-14-15(11,12-5-2)13-6-3/h4-36H2,1-3H3;4-10H2,1-3H3. The third-order valence-electron chi connectivity index (χ3n) is 10.3. The smallest absolute Gasteiger partial charge is 0.303 e. The molecule has 0 spiro atoms. The van der Waals surface area contributed by atoms with Crippen molar-refractivity contribution in [2.24, 2.45) is 0 Å². The predicted molar refractivity (Wildman–Crippen MR) is 233 cm³/mol. The Kier molecular flexibility index (Phi) is 49.2. The number of nitrogens with zero attached hydrogens (tertiary/aromatic N) is 1. The number of phosphoric ester groups is 1. The maximum atomic E-state index is 11.8. The summed E-state index contributed by atoms with van der Waals surface area (Å²) in [5, 5.41) is 0. The van der Waals surface area contributed by atoms with E-state index < -0.39 is 7.82 Å². The summed E-state index contributed by atoms with van der Waals surface area (Å²) < 4.78 is 26.9. The van der Waals surface area contributed by atoms with E-state index in [1.54, 1.807) is 13.8 Å². The molecule has 0 aliphatic heterocycles. The van der Waals surface area contributed by atoms with E-state index in [4.69, 9.17) is 13.6 Å². The van der Waals surface area contributed by atoms with Crippen LogP contribution in [0.1, 0.15) is 260 Å². The zero-order chi connectivity index (χ0) is 38.5. The van der Waals surface area contributed by atoms with Gasteiger partial charge in [-0.15, -0.1) is 0 Å². The van der Waals surface area contributed by atoms with Gasteiger partial charge in [0.2, 0.25) is 0 Å². The molecule has 0 amide bonds. The van der Waals surface area contributed by atoms with Crippen LogP contribution in [-0.2, 0) is 18.1 Å². The predicted octanol–water partition coefficient (Wildman–Crippen LogP) is 16.8. The van der Waals surface area contributed by atoms with Crippen LogP contribution in [0.5, 0.6) is 0 Å². The molecule has 316 valence electrons. The van der Waals surface area contributed by atoms with Gasteiger partial charge in [0.1, 0.15) is 0 Å². The first-order valence-corrected chi connectivity index (χ1v) is 25.2. The fourth-order valence-electron chi connectivity index (χ4n) is 6.94. The number of unbranched alkanes of at least 4 members (excludes halogenated alkanes) is 30. The van der Waals surface area contributed by atoms with Crippen LogP contribution < -0.4 is 0 Å². The zero-order valence-corrected chi connectivity index (χ0v) is 37.7. The van der Waals surface area contributed by atoms with E-state index in [1.165, 1.54) is 225 Å². The normalized spacial score (nSPS) is 11.8. The Balaban J connectivity index is 0. The van der Waals surface area contributed by atoms with Crippen LogP contribution in [0.3, 0.4) is 0 Å². The highest BCUT2D eigenvalue weighted by atomic mass is 31.2. The average molecular weight is 760 g/mol. The summed E-state index contributed by atoms with van der Waals surface area (Å²) >= 11 is 0. The molecular weight excluding hydrogens is 661 g/mol. The van der Waals surface area contributed by atoms with Crippen molar-refractivity contribution in [3.05, 3.63) is 0 Å². The van der Waals surface area contributed by atoms with Gasteiger partial charge in [0.25, 0.3) is 0 Å². The first-order valence-electron chi connectivity index (χ1n) is 23.8. The number of phosphoric acid groups is 1. The Morgan fingerprint density at radius 3 is 0.788 bits per heavy atom. The molecule has 0 fully saturated rings. The molecule has 5 nitrogen and oxygen atoms in total. The van der Waals surface area contributed by atoms with Crippen molar-refractivity contribution in [1.82, 2.24) is 4.90 Å². The van der Waals surface area contributed by atoms with Crippen molar-refractivity contribution >= 4 is 7.82 Å². The topological polar surface area (TPSA) is 48.0 Å². The summed E-state index contributed by atoms with van der Waals surface area (Å²) in [6, 6.07) is 0. The van der Waals surface area contributed by atoms with Gasteiger partial charge in [0.15, 0.2) is 0 Å². The molecule has 0 saturated heterocycles. The molecule has 0 aromatic rings. The minimum absolute atomic E-state index is 0.340. The molecule has 0 saturated carbocycles. The Morgan fingerprint density at radius 1 is 0.308 bits per heavy atom. The summed E-state index contributed by atoms with van der Waals surface area (Å²) in [7, 11) is -3.27. The molecule has 0 atom stereocenters. The Labute approximate surface area is 329 Å². The molecule has 0 N–H and O–H groups in total. The first-order chi connectivity index (χ1) is 25.5. The lowest BCUT2D eigenvalue weighted by molar-refractivity contribution is 0.120. The number of hydrogen-bond donors (Lipinski definition) is 0. The maximum Gasteiger partial charge on any atom is 0.474 e. The van der Waals surface area contributed by atoms with Crippen molar-refractivity contribution in [2.45, 2.75) is 260 Å². The van der Waals surface area contributed by atoms with Gasteiger partial charge in [-0.3, -0.25) is 13.6 Å². The monoisotopic (exact) mass is 760 g/mol. The summed E-state index contributed by atoms with van der Waals surface area (Å²) in [4.78, 5) is 2.85. The summed E-state index contributed by atoms with van der Waals surface area (Å²) in [6.45, 7) is 17.9. The molecule has 0 unspecified atom stereocenters. The average Bonchev–Trinajstić information content (AvgIpc) is 3.14. The minimum atomic E-state index is -3.27. The summed E-state index contributed by atoms with van der Waals surface area (Å²) in [5.74, 6) is 0. The number of hydrogen-bond acceptors (Lipinski definition) is 5. The Bertz CT molecular complexity index is 612. The highest BCUT2D eigenvalue weighted by molar-refractivity contribution is 7.48. The van der Waals surface area contributed by atoms with Gasteiger partial charge in [-0.2, -0.15) is 0 Å². The van der Waals surface area contributed by atoms with E-state index in [-0.39, 0.29) is 0 Å². The van der Waals surface area contributed by atoms with Crippen molar-refractivity contribution in [3.63, 3.8) is 0 Å². The van der Waals surface area contributed by atoms with Crippen LogP contribution in [0.25, 0.3) is 0 Å². The third kappa shape index (κ3) is 44.5. The molecular formula is C46H98NO4P. The van der Waals surface area contributed by atoms with Gasteiger partial charge in [-0.05, 0) is 59.2 Å². The summed E-state index contributed by atoms with van der Waals surface area (Å²) in [6.07, 6.45) is 48.0. The third-order valence-corrected chi connectivity index (χ3v) is 12.0. The Hall–Kier alpha value is 0.0700. The van der Waals surface area contributed by atoms with Crippen LogP contribution >= 0.6 is 7.82 Å². The molecule has 0 rings (SSSR count). The molecule has 0 bridgehead atoms. The SMILES string of the molecule is CCCCCCCCCCCCN(CCCCCCCCCCCC)CCCCCCCCCCCC.CCCCCCOP(=O)(OCC)OCC. The van der Waals surface area contributed by atoms with Gasteiger partial charge < -0.3 is 4.90 Å². The van der Waals surface area contributed by atoms with Crippen LogP contribution in [0.2, 0.25) is 0 Å². The quantitative estimate of drug-likeness (QED) is 0.0458. The van der Waals surface area contributed by atoms with Gasteiger partial charge in [0, 0.05) is 0 Å². The van der Waals surface area contributed by atoms with Gasteiger partial charge in [-0.1, -0.05) is 220 Å². The highest BCUT2D eigenvalue weighted by Gasteiger charge is 2.24. The van der Waals surface area contributed by atoms with Gasteiger partial charge in [0.05, 0.1) is 19.8 Å². The second kappa shape index (κ2) is 47.2. The van der Waals surface area contributed by atoms with E-state index in [0.717, 1.165) is 12.8 Å². The van der Waals surface area contributed by atoms with E-state index in [1.807, 2.05) is 0 Å². The van der Waals surface area contributed by atoms with Crippen LogP contribution in [0, 0.1) is 0 Å². The molecule has 0 aromatic carbocycles. The largest absolute Gasteiger partial charge is 0.474 e. The fraction of sp³-hybridized carbons (Fsp3) is 1.00. The Morgan fingerprint density at radius 2 is 0.538 bits per heavy atom. The van der Waals surface area contributed by atoms with E-state index >= 15 is 0 Å². The molecule has 0 aliphatic carbocycles. The lowest BCUT2D eigenvalue weighted by atomic mass is 10.1. The van der Waals surface area contributed by atoms with Gasteiger partial charge in [-0.25, -0.2) is 4.57 Å². The van der Waals surface area contributed by atoms with Crippen molar-refractivity contribution in [2.75, 3.05) is 39.5 Å². The molecule has 0 aromatic heterocycles. The van der Waals surface area contributed by atoms with Gasteiger partial charge >= 0.3 is 7.82 Å². The molecule has 0 heterocycles. The van der Waals surface area contributed by atoms with E-state index in [2.05, 4.69) is 32.6 Å². The van der Waals surface area contributed by atoms with Crippen LogP contribution in [0.4, 0.5) is 0 Å². The van der Waals surface area contributed by atoms with E-state index in [0.29, 0.717) is 19.8 Å². The van der Waals surface area contributed by atoms with Crippen molar-refractivity contribution in [3.8, 4) is 0 Å².